The van der Waals surface area contributed by atoms with Crippen LogP contribution in [0, 0.1) is 34.5 Å². The molecule has 3 saturated carbocycles. The number of methoxy groups -OCH3 is 1. The molecule has 30 heavy (non-hydrogen) atoms. The Kier molecular flexibility index (Phi) is 4.32. The smallest absolute Gasteiger partial charge is 0.309 e. The molecule has 1 aliphatic heterocycles. The molecule has 1 saturated heterocycles. The van der Waals surface area contributed by atoms with Crippen LogP contribution < -0.4 is 0 Å². The van der Waals surface area contributed by atoms with E-state index in [0.717, 1.165) is 18.4 Å². The molecule has 4 aliphatic carbocycles. The number of hydrogen-bond acceptors (Lipinski definition) is 6. The van der Waals surface area contributed by atoms with Crippen LogP contribution in [0.4, 0.5) is 0 Å². The number of allylic oxidation sites excluding steroid dienone is 1. The van der Waals surface area contributed by atoms with Crippen LogP contribution in [-0.2, 0) is 23.9 Å². The minimum absolute atomic E-state index is 0.0415. The van der Waals surface area contributed by atoms with Gasteiger partial charge in [0.1, 0.15) is 5.60 Å². The van der Waals surface area contributed by atoms with Crippen molar-refractivity contribution in [3.05, 3.63) is 11.6 Å². The van der Waals surface area contributed by atoms with Gasteiger partial charge in [0, 0.05) is 18.3 Å². The van der Waals surface area contributed by atoms with Crippen LogP contribution in [0.2, 0.25) is 0 Å². The third-order valence-corrected chi connectivity index (χ3v) is 9.79. The molecule has 0 amide bonds. The molecule has 1 N–H and O–H groups in total. The molecule has 8 atom stereocenters. The van der Waals surface area contributed by atoms with E-state index in [1.807, 2.05) is 0 Å². The van der Waals surface area contributed by atoms with E-state index in [9.17, 15) is 19.5 Å². The zero-order valence-corrected chi connectivity index (χ0v) is 18.1. The van der Waals surface area contributed by atoms with Gasteiger partial charge in [0.25, 0.3) is 0 Å². The van der Waals surface area contributed by atoms with Gasteiger partial charge < -0.3 is 14.6 Å². The van der Waals surface area contributed by atoms with Gasteiger partial charge in [0.15, 0.2) is 5.78 Å². The van der Waals surface area contributed by atoms with Gasteiger partial charge in [-0.15, -0.1) is 0 Å². The van der Waals surface area contributed by atoms with Crippen molar-refractivity contribution in [2.24, 2.45) is 34.5 Å². The predicted octanol–water partition coefficient (Wildman–Crippen LogP) is 2.96. The normalized spacial score (nSPS) is 49.7. The summed E-state index contributed by atoms with van der Waals surface area (Å²) in [5.41, 5.74) is -0.168. The zero-order valence-electron chi connectivity index (χ0n) is 18.1. The van der Waals surface area contributed by atoms with Crippen LogP contribution in [0.15, 0.2) is 11.6 Å². The Morgan fingerprint density at radius 1 is 1.20 bits per heavy atom. The van der Waals surface area contributed by atoms with Gasteiger partial charge in [0.2, 0.25) is 0 Å². The lowest BCUT2D eigenvalue weighted by Crippen LogP contribution is -2.62. The number of ketones is 1. The Bertz CT molecular complexity index is 847. The van der Waals surface area contributed by atoms with Gasteiger partial charge in [-0.2, -0.15) is 0 Å². The molecule has 4 fully saturated rings. The number of rotatable bonds is 1. The number of fused-ring (bicyclic) bond motifs is 6. The Morgan fingerprint density at radius 3 is 2.63 bits per heavy atom. The summed E-state index contributed by atoms with van der Waals surface area (Å²) in [7, 11) is 1.42. The molecule has 0 aromatic carbocycles. The molecule has 0 bridgehead atoms. The molecule has 6 nitrogen and oxygen atoms in total. The predicted molar refractivity (Wildman–Crippen MR) is 107 cm³/mol. The Balaban J connectivity index is 1.62. The topological polar surface area (TPSA) is 89.9 Å². The van der Waals surface area contributed by atoms with E-state index in [-0.39, 0.29) is 52.2 Å². The molecule has 0 aromatic rings. The first-order chi connectivity index (χ1) is 14.1. The van der Waals surface area contributed by atoms with Crippen LogP contribution in [0.3, 0.4) is 0 Å². The summed E-state index contributed by atoms with van der Waals surface area (Å²) in [6.45, 7) is 4.33. The van der Waals surface area contributed by atoms with Crippen LogP contribution in [0.25, 0.3) is 0 Å². The lowest BCUT2D eigenvalue weighted by Gasteiger charge is -2.62. The first-order valence-corrected chi connectivity index (χ1v) is 11.4. The largest absolute Gasteiger partial charge is 0.469 e. The lowest BCUT2D eigenvalue weighted by atomic mass is 9.43. The second-order valence-electron chi connectivity index (χ2n) is 10.8. The summed E-state index contributed by atoms with van der Waals surface area (Å²) in [6.07, 6.45) is 6.21. The first-order valence-electron chi connectivity index (χ1n) is 11.4. The van der Waals surface area contributed by atoms with Crippen LogP contribution in [0.1, 0.15) is 65.2 Å². The maximum atomic E-state index is 12.9. The monoisotopic (exact) mass is 416 g/mol. The molecule has 1 spiro atoms. The quantitative estimate of drug-likeness (QED) is 0.661. The van der Waals surface area contributed by atoms with Crippen molar-refractivity contribution in [1.29, 1.82) is 0 Å². The number of aliphatic hydroxyl groups excluding tert-OH is 1. The highest BCUT2D eigenvalue weighted by Gasteiger charge is 2.71. The molecule has 1 heterocycles. The van der Waals surface area contributed by atoms with Gasteiger partial charge in [-0.3, -0.25) is 14.4 Å². The average Bonchev–Trinajstić information content (AvgIpc) is 3.21. The fraction of sp³-hybridized carbons (Fsp3) is 0.792. The summed E-state index contributed by atoms with van der Waals surface area (Å²) < 4.78 is 11.2. The maximum Gasteiger partial charge on any atom is 0.309 e. The minimum atomic E-state index is -0.611. The molecule has 0 aromatic heterocycles. The number of hydrogen-bond donors (Lipinski definition) is 1. The number of esters is 2. The maximum absolute atomic E-state index is 12.9. The highest BCUT2D eigenvalue weighted by Crippen LogP contribution is 2.70. The van der Waals surface area contributed by atoms with E-state index in [1.165, 1.54) is 7.11 Å². The van der Waals surface area contributed by atoms with Crippen molar-refractivity contribution < 1.29 is 29.0 Å². The number of aliphatic hydroxyl groups is 1. The molecule has 164 valence electrons. The van der Waals surface area contributed by atoms with Crippen LogP contribution in [-0.4, -0.2) is 41.6 Å². The number of carbonyl (C=O) groups excluding carboxylic acids is 3. The van der Waals surface area contributed by atoms with Crippen molar-refractivity contribution >= 4 is 17.7 Å². The molecule has 6 heteroatoms. The molecule has 5 aliphatic rings. The third kappa shape index (κ3) is 2.43. The van der Waals surface area contributed by atoms with Crippen molar-refractivity contribution in [3.8, 4) is 0 Å². The van der Waals surface area contributed by atoms with E-state index >= 15 is 0 Å². The number of ether oxygens (including phenoxy) is 2. The van der Waals surface area contributed by atoms with Crippen LogP contribution in [0.5, 0.6) is 0 Å². The number of carbonyl (C=O) groups is 3. The fourth-order valence-electron chi connectivity index (χ4n) is 8.35. The van der Waals surface area contributed by atoms with Crippen LogP contribution >= 0.6 is 0 Å². The minimum Gasteiger partial charge on any atom is -0.469 e. The Hall–Kier alpha value is -1.69. The molecule has 1 unspecified atom stereocenters. The van der Waals surface area contributed by atoms with Gasteiger partial charge in [0.05, 0.1) is 19.1 Å². The van der Waals surface area contributed by atoms with Crippen molar-refractivity contribution in [3.63, 3.8) is 0 Å². The standard InChI is InChI=1S/C24H32O6/c1-22-7-4-14(25)10-13(22)11-15(21(28)29-3)19-16-5-8-24(9-6-18(27)30-24)23(16,2)12-17(26)20(19)22/h10,15-17,19-20,26H,4-9,11-12H2,1-3H3/t15-,16-,17-,19?,20+,22+,23-,24-/m1/s1. The SMILES string of the molecule is COC(=O)[C@@H]1CC2=CC(=O)CC[C@]2(C)[C@@H]2C1[C@H]1CC[C@@]3(CCC(=O)O3)[C@]1(C)C[C@H]2O. The summed E-state index contributed by atoms with van der Waals surface area (Å²) in [6, 6.07) is 0. The molecular formula is C24H32O6. The summed E-state index contributed by atoms with van der Waals surface area (Å²) >= 11 is 0. The highest BCUT2D eigenvalue weighted by molar-refractivity contribution is 5.92. The Labute approximate surface area is 177 Å². The summed E-state index contributed by atoms with van der Waals surface area (Å²) in [5.74, 6) is -0.636. The van der Waals surface area contributed by atoms with Crippen molar-refractivity contribution in [1.82, 2.24) is 0 Å². The second kappa shape index (κ2) is 6.41. The average molecular weight is 417 g/mol. The van der Waals surface area contributed by atoms with Gasteiger partial charge in [-0.25, -0.2) is 0 Å². The van der Waals surface area contributed by atoms with Gasteiger partial charge in [-0.1, -0.05) is 19.4 Å². The fourth-order valence-corrected chi connectivity index (χ4v) is 8.35. The van der Waals surface area contributed by atoms with E-state index in [2.05, 4.69) is 13.8 Å². The van der Waals surface area contributed by atoms with Gasteiger partial charge in [-0.05, 0) is 67.8 Å². The lowest BCUT2D eigenvalue weighted by molar-refractivity contribution is -0.197. The van der Waals surface area contributed by atoms with Gasteiger partial charge >= 0.3 is 11.9 Å². The molecule has 0 radical (unpaired) electrons. The zero-order chi connectivity index (χ0) is 21.5. The van der Waals surface area contributed by atoms with Crippen molar-refractivity contribution in [2.45, 2.75) is 76.9 Å². The molecule has 5 rings (SSSR count). The summed E-state index contributed by atoms with van der Waals surface area (Å²) in [4.78, 5) is 37.2. The third-order valence-electron chi connectivity index (χ3n) is 9.79. The van der Waals surface area contributed by atoms with E-state index in [1.54, 1.807) is 6.08 Å². The second-order valence-corrected chi connectivity index (χ2v) is 10.8. The molecular weight excluding hydrogens is 384 g/mol. The summed E-state index contributed by atoms with van der Waals surface area (Å²) in [5, 5.41) is 11.6. The van der Waals surface area contributed by atoms with Crippen molar-refractivity contribution in [2.75, 3.05) is 7.11 Å². The van der Waals surface area contributed by atoms with E-state index < -0.39 is 11.7 Å². The van der Waals surface area contributed by atoms with E-state index in [0.29, 0.717) is 38.5 Å². The Morgan fingerprint density at radius 2 is 1.97 bits per heavy atom. The first kappa shape index (κ1) is 20.2. The van der Waals surface area contributed by atoms with E-state index in [4.69, 9.17) is 9.47 Å². The highest BCUT2D eigenvalue weighted by atomic mass is 16.6.